The summed E-state index contributed by atoms with van der Waals surface area (Å²) in [6, 6.07) is 7.94. The van der Waals surface area contributed by atoms with E-state index in [9.17, 15) is 10.1 Å². The molecule has 1 aliphatic rings. The van der Waals surface area contributed by atoms with Crippen LogP contribution in [-0.2, 0) is 4.79 Å². The van der Waals surface area contributed by atoms with Gasteiger partial charge < -0.3 is 15.0 Å². The summed E-state index contributed by atoms with van der Waals surface area (Å²) in [6.45, 7) is 2.55. The van der Waals surface area contributed by atoms with E-state index in [0.29, 0.717) is 11.8 Å². The molecule has 1 aromatic carbocycles. The van der Waals surface area contributed by atoms with Crippen molar-refractivity contribution in [2.75, 3.05) is 12.4 Å². The average Bonchev–Trinajstić information content (AvgIpc) is 3.20. The third-order valence-electron chi connectivity index (χ3n) is 4.13. The van der Waals surface area contributed by atoms with Crippen LogP contribution >= 0.6 is 11.8 Å². The molecule has 7 heteroatoms. The first-order valence-electron chi connectivity index (χ1n) is 8.12. The summed E-state index contributed by atoms with van der Waals surface area (Å²) in [7, 11) is 0. The van der Waals surface area contributed by atoms with Crippen LogP contribution in [0.2, 0.25) is 0 Å². The zero-order valence-electron chi connectivity index (χ0n) is 13.6. The van der Waals surface area contributed by atoms with Crippen LogP contribution in [0.15, 0.2) is 23.4 Å². The van der Waals surface area contributed by atoms with E-state index >= 15 is 0 Å². The van der Waals surface area contributed by atoms with Gasteiger partial charge in [0.15, 0.2) is 5.16 Å². The summed E-state index contributed by atoms with van der Waals surface area (Å²) in [5, 5.41) is 12.9. The molecule has 1 heterocycles. The number of thioether (sulfide) groups is 1. The number of carbonyl (C=O) groups excluding carboxylic acids is 1. The van der Waals surface area contributed by atoms with Crippen LogP contribution in [0.1, 0.15) is 32.6 Å². The van der Waals surface area contributed by atoms with Gasteiger partial charge in [-0.2, -0.15) is 5.26 Å². The quantitative estimate of drug-likeness (QED) is 0.786. The van der Waals surface area contributed by atoms with Crippen molar-refractivity contribution >= 4 is 28.7 Å². The Bertz CT molecular complexity index is 774. The Labute approximate surface area is 145 Å². The lowest BCUT2D eigenvalue weighted by Crippen LogP contribution is -2.45. The van der Waals surface area contributed by atoms with Gasteiger partial charge in [-0.1, -0.05) is 11.8 Å². The van der Waals surface area contributed by atoms with Crippen LogP contribution in [0.3, 0.4) is 0 Å². The summed E-state index contributed by atoms with van der Waals surface area (Å²) in [5.41, 5.74) is 1.05. The highest BCUT2D eigenvalue weighted by atomic mass is 32.2. The van der Waals surface area contributed by atoms with E-state index in [4.69, 9.17) is 4.74 Å². The van der Waals surface area contributed by atoms with E-state index in [-0.39, 0.29) is 11.7 Å². The Hall–Kier alpha value is -2.20. The number of amides is 1. The number of nitrogens with one attached hydrogen (secondary N) is 2. The van der Waals surface area contributed by atoms with E-state index in [2.05, 4.69) is 21.4 Å². The first-order valence-corrected chi connectivity index (χ1v) is 9.10. The number of aromatic amines is 1. The molecule has 0 bridgehead atoms. The maximum absolute atomic E-state index is 12.1. The Morgan fingerprint density at radius 2 is 2.29 bits per heavy atom. The summed E-state index contributed by atoms with van der Waals surface area (Å²) >= 11 is 1.34. The Balaban J connectivity index is 1.61. The van der Waals surface area contributed by atoms with Crippen molar-refractivity contribution in [2.24, 2.45) is 0 Å². The Morgan fingerprint density at radius 3 is 3.00 bits per heavy atom. The number of nitriles is 1. The number of fused-ring (bicyclic) bond motifs is 1. The molecule has 1 aliphatic carbocycles. The molecule has 0 spiro atoms. The van der Waals surface area contributed by atoms with Gasteiger partial charge in [-0.15, -0.1) is 0 Å². The largest absolute Gasteiger partial charge is 0.494 e. The number of benzene rings is 1. The molecule has 1 amide bonds. The third-order valence-corrected chi connectivity index (χ3v) is 5.01. The molecule has 0 atom stereocenters. The van der Waals surface area contributed by atoms with Crippen molar-refractivity contribution in [3.05, 3.63) is 18.2 Å². The number of imidazole rings is 1. The van der Waals surface area contributed by atoms with Gasteiger partial charge in [0.1, 0.15) is 11.3 Å². The number of hydrogen-bond acceptors (Lipinski definition) is 5. The van der Waals surface area contributed by atoms with Gasteiger partial charge in [0.05, 0.1) is 29.5 Å². The predicted octanol–water partition coefficient (Wildman–Crippen LogP) is 3.01. The molecule has 1 saturated carbocycles. The smallest absolute Gasteiger partial charge is 0.231 e. The fourth-order valence-electron chi connectivity index (χ4n) is 2.97. The van der Waals surface area contributed by atoms with Crippen LogP contribution < -0.4 is 10.1 Å². The van der Waals surface area contributed by atoms with Gasteiger partial charge in [0.25, 0.3) is 0 Å². The first kappa shape index (κ1) is 16.7. The second-order valence-electron chi connectivity index (χ2n) is 5.89. The van der Waals surface area contributed by atoms with Crippen molar-refractivity contribution in [3.8, 4) is 11.8 Å². The monoisotopic (exact) mass is 344 g/mol. The van der Waals surface area contributed by atoms with Gasteiger partial charge in [-0.25, -0.2) is 4.98 Å². The fourth-order valence-corrected chi connectivity index (χ4v) is 3.66. The molecule has 0 radical (unpaired) electrons. The minimum Gasteiger partial charge on any atom is -0.494 e. The minimum atomic E-state index is -0.669. The maximum atomic E-state index is 12.1. The molecule has 0 unspecified atom stereocenters. The molecule has 1 aromatic heterocycles. The Morgan fingerprint density at radius 1 is 1.50 bits per heavy atom. The standard InChI is InChI=1S/C17H20N4O2S/c1-2-23-12-5-6-13-14(9-12)20-16(19-13)24-10-15(22)21-17(11-18)7-3-4-8-17/h5-6,9H,2-4,7-8,10H2,1H3,(H,19,20)(H,21,22). The predicted molar refractivity (Wildman–Crippen MR) is 92.9 cm³/mol. The number of nitrogens with zero attached hydrogens (tertiary/aromatic N) is 2. The zero-order chi connectivity index (χ0) is 17.0. The van der Waals surface area contributed by atoms with Gasteiger partial charge in [-0.3, -0.25) is 4.79 Å². The molecule has 3 rings (SSSR count). The fraction of sp³-hybridized carbons (Fsp3) is 0.471. The number of hydrogen-bond donors (Lipinski definition) is 2. The summed E-state index contributed by atoms with van der Waals surface area (Å²) in [5.74, 6) is 0.903. The van der Waals surface area contributed by atoms with Crippen LogP contribution in [-0.4, -0.2) is 33.8 Å². The molecular weight excluding hydrogens is 324 g/mol. The van der Waals surface area contributed by atoms with E-state index < -0.39 is 5.54 Å². The number of carbonyl (C=O) groups is 1. The highest BCUT2D eigenvalue weighted by molar-refractivity contribution is 7.99. The molecule has 6 nitrogen and oxygen atoms in total. The van der Waals surface area contributed by atoms with E-state index in [1.807, 2.05) is 25.1 Å². The van der Waals surface area contributed by atoms with Crippen LogP contribution in [0, 0.1) is 11.3 Å². The summed E-state index contributed by atoms with van der Waals surface area (Å²) in [6.07, 6.45) is 3.47. The SMILES string of the molecule is CCOc1ccc2nc(SCC(=O)NC3(C#N)CCCC3)[nH]c2c1. The lowest BCUT2D eigenvalue weighted by Gasteiger charge is -2.21. The lowest BCUT2D eigenvalue weighted by atomic mass is 10.0. The molecular formula is C17H20N4O2S. The second-order valence-corrected chi connectivity index (χ2v) is 6.86. The Kier molecular flexibility index (Phi) is 4.95. The maximum Gasteiger partial charge on any atom is 0.231 e. The molecule has 2 N–H and O–H groups in total. The molecule has 0 aliphatic heterocycles. The number of aromatic nitrogens is 2. The summed E-state index contributed by atoms with van der Waals surface area (Å²) in [4.78, 5) is 19.8. The molecule has 2 aromatic rings. The number of ether oxygens (including phenoxy) is 1. The van der Waals surface area contributed by atoms with E-state index in [1.165, 1.54) is 11.8 Å². The molecule has 24 heavy (non-hydrogen) atoms. The van der Waals surface area contributed by atoms with Gasteiger partial charge >= 0.3 is 0 Å². The zero-order valence-corrected chi connectivity index (χ0v) is 14.4. The molecule has 0 saturated heterocycles. The first-order chi connectivity index (χ1) is 11.6. The average molecular weight is 344 g/mol. The molecule has 1 fully saturated rings. The lowest BCUT2D eigenvalue weighted by molar-refractivity contribution is -0.119. The van der Waals surface area contributed by atoms with Crippen LogP contribution in [0.25, 0.3) is 11.0 Å². The van der Waals surface area contributed by atoms with Gasteiger partial charge in [0, 0.05) is 6.07 Å². The van der Waals surface area contributed by atoms with Crippen molar-refractivity contribution < 1.29 is 9.53 Å². The highest BCUT2D eigenvalue weighted by Crippen LogP contribution is 2.29. The van der Waals surface area contributed by atoms with E-state index in [1.54, 1.807) is 0 Å². The third kappa shape index (κ3) is 3.65. The minimum absolute atomic E-state index is 0.126. The number of H-pyrrole nitrogens is 1. The second kappa shape index (κ2) is 7.14. The van der Waals surface area contributed by atoms with Gasteiger partial charge in [-0.05, 0) is 44.7 Å². The molecule has 126 valence electrons. The van der Waals surface area contributed by atoms with Crippen molar-refractivity contribution in [1.29, 1.82) is 5.26 Å². The normalized spacial score (nSPS) is 16.0. The van der Waals surface area contributed by atoms with E-state index in [0.717, 1.165) is 42.5 Å². The van der Waals surface area contributed by atoms with Crippen LogP contribution in [0.5, 0.6) is 5.75 Å². The topological polar surface area (TPSA) is 90.8 Å². The van der Waals surface area contributed by atoms with Crippen molar-refractivity contribution in [3.63, 3.8) is 0 Å². The van der Waals surface area contributed by atoms with Crippen LogP contribution in [0.4, 0.5) is 0 Å². The highest BCUT2D eigenvalue weighted by Gasteiger charge is 2.35. The van der Waals surface area contributed by atoms with Crippen molar-refractivity contribution in [1.82, 2.24) is 15.3 Å². The number of rotatable bonds is 6. The summed E-state index contributed by atoms with van der Waals surface area (Å²) < 4.78 is 5.47. The van der Waals surface area contributed by atoms with Gasteiger partial charge in [0.2, 0.25) is 5.91 Å². The van der Waals surface area contributed by atoms with Crippen molar-refractivity contribution in [2.45, 2.75) is 43.3 Å².